The smallest absolute Gasteiger partial charge is 0.324 e. The summed E-state index contributed by atoms with van der Waals surface area (Å²) in [7, 11) is 3.35. The van der Waals surface area contributed by atoms with Crippen LogP contribution in [-0.2, 0) is 43.2 Å². The number of aromatic nitrogens is 1. The number of aromatic hydroxyl groups is 1. The number of carbonyl (C=O) groups is 4. The number of phenolic OH excluding ortho intramolecular Hbond substituents is 1. The van der Waals surface area contributed by atoms with E-state index in [0.717, 1.165) is 57.3 Å². The molecule has 65 heavy (non-hydrogen) atoms. The van der Waals surface area contributed by atoms with Gasteiger partial charge in [0.05, 0.1) is 18.9 Å². The molecule has 1 saturated carbocycles. The van der Waals surface area contributed by atoms with E-state index >= 15 is 0 Å². The van der Waals surface area contributed by atoms with Crippen molar-refractivity contribution < 1.29 is 33.8 Å². The number of allylic oxidation sites excluding steroid dienone is 4. The molecule has 14 heteroatoms. The van der Waals surface area contributed by atoms with E-state index in [0.29, 0.717) is 70.7 Å². The highest BCUT2D eigenvalue weighted by atomic mass is 16.5. The maximum Gasteiger partial charge on any atom is 0.324 e. The monoisotopic (exact) mass is 892 g/mol. The van der Waals surface area contributed by atoms with Gasteiger partial charge in [-0.25, -0.2) is 10.2 Å². The number of aryl methyl sites for hydroxylation is 1. The molecule has 4 heterocycles. The van der Waals surface area contributed by atoms with Crippen LogP contribution < -0.4 is 16.1 Å². The summed E-state index contributed by atoms with van der Waals surface area (Å²) in [5, 5.41) is 20.1. The average molecular weight is 892 g/mol. The van der Waals surface area contributed by atoms with Gasteiger partial charge >= 0.3 is 12.0 Å². The summed E-state index contributed by atoms with van der Waals surface area (Å²) in [6.45, 7) is 16.2. The molecular weight excluding hydrogens is 823 g/mol. The van der Waals surface area contributed by atoms with Crippen LogP contribution in [0.4, 0.5) is 4.79 Å². The van der Waals surface area contributed by atoms with E-state index in [1.807, 2.05) is 26.8 Å². The number of amides is 4. The number of hydrazine groups is 1. The van der Waals surface area contributed by atoms with Gasteiger partial charge in [-0.1, -0.05) is 63.6 Å². The van der Waals surface area contributed by atoms with Gasteiger partial charge in [-0.3, -0.25) is 19.4 Å². The topological polar surface area (TPSA) is 158 Å². The zero-order valence-corrected chi connectivity index (χ0v) is 39.6. The van der Waals surface area contributed by atoms with Crippen molar-refractivity contribution in [2.75, 3.05) is 60.1 Å². The number of hydrogen-bond acceptors (Lipinski definition) is 9. The Kier molecular flexibility index (Phi) is 14.9. The standard InChI is InChI=1S/C51H69N7O7/c1-9-12-36(30-64-8)39(25-33-14-15-33)46-41-29-51(5,6)31-65-49(62)42-13-11-20-58(54-42)48(61)43(53-47(60)45(32(3)4)55(7)50(63)56-21-18-52-19-22-56)26-34-23-37(27-38(59)24-34)35-16-17-44(40(41)28-35)57(46)10-2/h9,12,16-17,23-25,27-28,32,42-43,45,52,54,59H,10-11,13-15,18-22,26,29-31H2,1-8H3,(H,53,60)/b12-9-,39-36-/t42-,43-,45-/m0/s1. The molecule has 3 fully saturated rings. The molecule has 350 valence electrons. The molecule has 1 aromatic heterocycles. The van der Waals surface area contributed by atoms with Gasteiger partial charge in [0.25, 0.3) is 5.91 Å². The van der Waals surface area contributed by atoms with E-state index in [4.69, 9.17) is 9.47 Å². The predicted octanol–water partition coefficient (Wildman–Crippen LogP) is 6.36. The van der Waals surface area contributed by atoms with E-state index in [2.05, 4.69) is 77.8 Å². The van der Waals surface area contributed by atoms with Crippen molar-refractivity contribution in [3.05, 3.63) is 82.6 Å². The average Bonchev–Trinajstić information content (AvgIpc) is 4.07. The SMILES string of the molecule is C/C=C\C(COC)=C(/C=C1CC1)c1c2c3cc(ccc3n1CC)-c1cc(O)cc(c1)C[C@H](NC(=O)[C@H](C(C)C)N(C)C(=O)N1CCNCC1)C(=O)N1CCC[C@H](N1)C(=O)OCC(C)(C)C2. The molecule has 0 unspecified atom stereocenters. The summed E-state index contributed by atoms with van der Waals surface area (Å²) in [6.07, 6.45) is 10.3. The third kappa shape index (κ3) is 10.8. The molecule has 4 aliphatic rings. The highest BCUT2D eigenvalue weighted by molar-refractivity contribution is 5.96. The van der Waals surface area contributed by atoms with Gasteiger partial charge in [0.15, 0.2) is 0 Å². The Morgan fingerprint density at radius 2 is 1.83 bits per heavy atom. The summed E-state index contributed by atoms with van der Waals surface area (Å²) in [5.74, 6) is -1.61. The Hall–Kier alpha value is -5.44. The second kappa shape index (κ2) is 20.4. The summed E-state index contributed by atoms with van der Waals surface area (Å²) in [5.41, 5.74) is 11.8. The maximum absolute atomic E-state index is 14.7. The lowest BCUT2D eigenvalue weighted by Gasteiger charge is -2.38. The largest absolute Gasteiger partial charge is 0.508 e. The number of nitrogens with one attached hydrogen (secondary N) is 3. The minimum absolute atomic E-state index is 0.0230. The van der Waals surface area contributed by atoms with E-state index < -0.39 is 41.3 Å². The van der Waals surface area contributed by atoms with Gasteiger partial charge in [-0.15, -0.1) is 0 Å². The highest BCUT2D eigenvalue weighted by Crippen LogP contribution is 2.42. The molecule has 1 aliphatic carbocycles. The lowest BCUT2D eigenvalue weighted by Crippen LogP contribution is -2.62. The molecule has 3 aromatic rings. The third-order valence-corrected chi connectivity index (χ3v) is 13.0. The van der Waals surface area contributed by atoms with Gasteiger partial charge < -0.3 is 39.6 Å². The molecule has 0 radical (unpaired) electrons. The van der Waals surface area contributed by atoms with Gasteiger partial charge in [0, 0.05) is 81.7 Å². The number of piperazine rings is 1. The van der Waals surface area contributed by atoms with Crippen molar-refractivity contribution >= 4 is 40.3 Å². The van der Waals surface area contributed by atoms with Crippen molar-refractivity contribution in [2.45, 2.75) is 105 Å². The Morgan fingerprint density at radius 3 is 2.51 bits per heavy atom. The predicted molar refractivity (Wildman–Crippen MR) is 254 cm³/mol. The van der Waals surface area contributed by atoms with Crippen LogP contribution in [-0.4, -0.2) is 127 Å². The quantitative estimate of drug-likeness (QED) is 0.134. The molecule has 7 rings (SSSR count). The number of hydrogen-bond donors (Lipinski definition) is 4. The Bertz CT molecular complexity index is 2370. The fourth-order valence-corrected chi connectivity index (χ4v) is 9.70. The van der Waals surface area contributed by atoms with Crippen LogP contribution in [0, 0.1) is 11.3 Å². The molecule has 3 aliphatic heterocycles. The number of esters is 1. The molecule has 0 spiro atoms. The molecule has 2 aromatic carbocycles. The fraction of sp³-hybridized carbons (Fsp3) is 0.529. The first-order valence-electron chi connectivity index (χ1n) is 23.4. The number of nitrogens with zero attached hydrogens (tertiary/aromatic N) is 4. The zero-order chi connectivity index (χ0) is 46.6. The second-order valence-corrected chi connectivity index (χ2v) is 19.2. The summed E-state index contributed by atoms with van der Waals surface area (Å²) in [6, 6.07) is 8.68. The van der Waals surface area contributed by atoms with Crippen molar-refractivity contribution in [1.29, 1.82) is 0 Å². The Morgan fingerprint density at radius 1 is 1.08 bits per heavy atom. The van der Waals surface area contributed by atoms with E-state index in [1.165, 1.54) is 15.5 Å². The van der Waals surface area contributed by atoms with Gasteiger partial charge in [-0.05, 0) is 104 Å². The van der Waals surface area contributed by atoms with Crippen LogP contribution in [0.25, 0.3) is 27.6 Å². The van der Waals surface area contributed by atoms with E-state index in [-0.39, 0.29) is 30.7 Å². The number of cyclic esters (lactones) is 1. The number of likely N-dealkylation sites (N-methyl/N-ethyl adjacent to an activating group) is 1. The summed E-state index contributed by atoms with van der Waals surface area (Å²) >= 11 is 0. The van der Waals surface area contributed by atoms with Gasteiger partial charge in [0.2, 0.25) is 5.91 Å². The normalized spacial score (nSPS) is 21.2. The molecule has 4 N–H and O–H groups in total. The first kappa shape index (κ1) is 47.5. The molecular formula is C51H69N7O7. The number of urea groups is 1. The van der Waals surface area contributed by atoms with Gasteiger partial charge in [-0.2, -0.15) is 0 Å². The van der Waals surface area contributed by atoms with Crippen molar-refractivity contribution in [1.82, 2.24) is 35.4 Å². The van der Waals surface area contributed by atoms with Crippen LogP contribution in [0.5, 0.6) is 5.75 Å². The van der Waals surface area contributed by atoms with Crippen LogP contribution >= 0.6 is 0 Å². The molecule has 14 nitrogen and oxygen atoms in total. The lowest BCUT2D eigenvalue weighted by atomic mass is 9.83. The first-order chi connectivity index (χ1) is 31.1. The zero-order valence-electron chi connectivity index (χ0n) is 39.6. The Balaban J connectivity index is 1.35. The van der Waals surface area contributed by atoms with Crippen LogP contribution in [0.2, 0.25) is 0 Å². The number of rotatable bonds is 10. The maximum atomic E-state index is 14.7. The van der Waals surface area contributed by atoms with Gasteiger partial charge in [0.1, 0.15) is 23.9 Å². The van der Waals surface area contributed by atoms with Crippen LogP contribution in [0.3, 0.4) is 0 Å². The first-order valence-corrected chi connectivity index (χ1v) is 23.4. The minimum Gasteiger partial charge on any atom is -0.508 e. The molecule has 2 saturated heterocycles. The summed E-state index contributed by atoms with van der Waals surface area (Å²) in [4.78, 5) is 60.0. The minimum atomic E-state index is -1.11. The van der Waals surface area contributed by atoms with Crippen molar-refractivity contribution in [2.24, 2.45) is 11.3 Å². The molecule has 4 amide bonds. The number of carbonyl (C=O) groups excluding carboxylic acids is 4. The Labute approximate surface area is 384 Å². The number of methoxy groups -OCH3 is 1. The van der Waals surface area contributed by atoms with Crippen molar-refractivity contribution in [3.8, 4) is 16.9 Å². The third-order valence-electron chi connectivity index (χ3n) is 13.0. The molecule has 3 atom stereocenters. The number of phenols is 1. The molecule has 6 bridgehead atoms. The summed E-state index contributed by atoms with van der Waals surface area (Å²) < 4.78 is 14.3. The van der Waals surface area contributed by atoms with E-state index in [1.54, 1.807) is 31.2 Å². The number of ether oxygens (including phenoxy) is 2. The number of benzene rings is 2. The van der Waals surface area contributed by atoms with Crippen LogP contribution in [0.1, 0.15) is 84.0 Å². The van der Waals surface area contributed by atoms with E-state index in [9.17, 15) is 24.3 Å². The highest BCUT2D eigenvalue weighted by Gasteiger charge is 2.38. The second-order valence-electron chi connectivity index (χ2n) is 19.2. The lowest BCUT2D eigenvalue weighted by molar-refractivity contribution is -0.155. The fourth-order valence-electron chi connectivity index (χ4n) is 9.70. The van der Waals surface area contributed by atoms with Crippen LogP contribution in [0.15, 0.2) is 65.8 Å². The van der Waals surface area contributed by atoms with Crippen molar-refractivity contribution in [3.63, 3.8) is 0 Å². The number of fused-ring (bicyclic) bond motifs is 6.